The van der Waals surface area contributed by atoms with E-state index in [0.29, 0.717) is 166 Å². The van der Waals surface area contributed by atoms with Crippen molar-refractivity contribution < 1.29 is 166 Å². The highest BCUT2D eigenvalue weighted by Crippen LogP contribution is 2.54. The van der Waals surface area contributed by atoms with E-state index in [1.165, 1.54) is 72.8 Å². The number of hydrogen-bond acceptors (Lipinski definition) is 31. The Morgan fingerprint density at radius 2 is 0.677 bits per heavy atom. The largest absolute Gasteiger partial charge is 0.748 e. The van der Waals surface area contributed by atoms with Gasteiger partial charge >= 0.3 is 11.9 Å². The summed E-state index contributed by atoms with van der Waals surface area (Å²) in [5.41, 5.74) is 1.93. The molecule has 0 aromatic heterocycles. The zero-order valence-electron chi connectivity index (χ0n) is 74.7. The maximum atomic E-state index is 12.3. The first-order chi connectivity index (χ1) is 62.1. The first-order valence-electron chi connectivity index (χ1n) is 42.6. The van der Waals surface area contributed by atoms with E-state index in [0.717, 1.165) is 0 Å². The standard InChI is InChI=1S/C44H62N2O18S4.C42H58N2O17S4/c1-43(19-10-30-65(49,50)51)36-32-34(67(55,56)57)15-17-38(36)45(21-9-5-8-14-42(47)48)40(43)12-6-4-7-13-41-44(2,20-11-31-66(52,53)54)37-33-35(68(58,59)60)16-18-39(37)46(41)22-23-62-26-27-64-29-28-63-25-24-61-3;1-41(19-10-28-62(47,48)49)34-30-32(64(53,54)55)15-17-36(34)43(21-9-5-8-14-40(45)46)38(41)12-6-4-7-13-39-42(2,20-11-29-63(50,51)52)35-31-33(65(56,57)58)16-18-37(35)44(39)22-23-60-26-27-61-25-24-59-3/h4,6-7,12-13,15-18,32-33H,5,8-11,14,19-31H2,1-3H3,(H4-,47,48,49,50,51,52,53,54,55,56,57,58,59,60);4,6-7,12-13,15-18,30-31H,5,8-11,14,19-29H2,1-3H3,(H4-,45,46,47,48,49,50,51,52,53,54,55,56,57,58)/p-2. The zero-order chi connectivity index (χ0) is 98.7. The molecule has 47 heteroatoms. The SMILES string of the molecule is COCCOCCOCCN1C(=CC=CC=CC2=[N+](CCCCCC(=O)O)c3ccc(S(=O)(=O)[O-])cc3C2(C)CCCS(=O)(=O)[O-])C(C)(CCCS(=O)(=O)O)c2cc(S(=O)(=O)O)ccc21.COCCOCCOCCOCCN1C(=CC=CC=CC2=[N+](CCCCCC(=O)O)c3ccc(S(=O)(=O)[O-])cc3C2(C)CCCS(=O)(=O)[O-])C(C)(CCCS(=O)(=O)O)c2cc(S(=O)(=O)O)ccc21. The molecular formula is C86H118N4O35S8-2. The van der Waals surface area contributed by atoms with E-state index in [-0.39, 0.29) is 120 Å². The maximum Gasteiger partial charge on any atom is 0.303 e. The molecule has 0 bridgehead atoms. The van der Waals surface area contributed by atoms with Crippen LogP contribution in [-0.4, -0.2) is 289 Å². The lowest BCUT2D eigenvalue weighted by molar-refractivity contribution is -0.438. The monoisotopic (exact) mass is 2020 g/mol. The van der Waals surface area contributed by atoms with Crippen molar-refractivity contribution in [3.63, 3.8) is 0 Å². The fraction of sp³-hybridized carbons (Fsp3) is 0.535. The number of nitrogens with zero attached hydrogens (tertiary/aromatic N) is 4. The summed E-state index contributed by atoms with van der Waals surface area (Å²) >= 11 is 0. The molecule has 4 unspecified atom stereocenters. The van der Waals surface area contributed by atoms with Crippen molar-refractivity contribution in [2.45, 2.75) is 172 Å². The zero-order valence-corrected chi connectivity index (χ0v) is 81.3. The molecule has 4 atom stereocenters. The molecule has 4 heterocycles. The minimum absolute atomic E-state index is 0.0262. The Bertz CT molecular complexity index is 6000. The number of unbranched alkanes of at least 4 members (excludes halogenated alkanes) is 4. The lowest BCUT2D eigenvalue weighted by Gasteiger charge is -2.30. The van der Waals surface area contributed by atoms with Gasteiger partial charge in [0, 0.05) is 134 Å². The van der Waals surface area contributed by atoms with Gasteiger partial charge in [-0.25, -0.2) is 33.7 Å². The second-order valence-electron chi connectivity index (χ2n) is 32.8. The fourth-order valence-electron chi connectivity index (χ4n) is 16.8. The second kappa shape index (κ2) is 49.5. The number of rotatable bonds is 59. The minimum Gasteiger partial charge on any atom is -0.748 e. The number of allylic oxidation sites excluding steroid dienone is 12. The van der Waals surface area contributed by atoms with Gasteiger partial charge in [0.25, 0.3) is 40.5 Å². The van der Waals surface area contributed by atoms with Crippen molar-refractivity contribution in [1.29, 1.82) is 0 Å². The third kappa shape index (κ3) is 33.5. The Balaban J connectivity index is 0.000000364. The summed E-state index contributed by atoms with van der Waals surface area (Å²) in [6, 6.07) is 16.1. The van der Waals surface area contributed by atoms with Crippen molar-refractivity contribution in [3.05, 3.63) is 167 Å². The molecule has 4 aromatic rings. The molecular weight excluding hydrogens is 1910 g/mol. The highest BCUT2D eigenvalue weighted by Gasteiger charge is 2.51. The van der Waals surface area contributed by atoms with Gasteiger partial charge in [0.15, 0.2) is 11.4 Å². The normalized spacial score (nSPS) is 19.7. The van der Waals surface area contributed by atoms with Crippen molar-refractivity contribution >= 4 is 127 Å². The first kappa shape index (κ1) is 112. The average molecular weight is 2020 g/mol. The molecule has 4 aromatic carbocycles. The first-order valence-corrected chi connectivity index (χ1v) is 54.7. The Morgan fingerprint density at radius 1 is 0.368 bits per heavy atom. The summed E-state index contributed by atoms with van der Waals surface area (Å²) in [5, 5.41) is 18.3. The summed E-state index contributed by atoms with van der Waals surface area (Å²) in [6.45, 7) is 12.0. The highest BCUT2D eigenvalue weighted by atomic mass is 32.2. The number of methoxy groups -OCH3 is 2. The molecule has 742 valence electrons. The van der Waals surface area contributed by atoms with E-state index < -0.39 is 147 Å². The van der Waals surface area contributed by atoms with Gasteiger partial charge in [0.1, 0.15) is 33.3 Å². The number of aliphatic carboxylic acids is 2. The van der Waals surface area contributed by atoms with Crippen LogP contribution in [0.4, 0.5) is 22.7 Å². The molecule has 0 saturated heterocycles. The summed E-state index contributed by atoms with van der Waals surface area (Å²) in [5.74, 6) is -4.45. The molecule has 133 heavy (non-hydrogen) atoms. The quantitative estimate of drug-likeness (QED) is 0.0104. The van der Waals surface area contributed by atoms with Crippen LogP contribution in [0.3, 0.4) is 0 Å². The predicted octanol–water partition coefficient (Wildman–Crippen LogP) is 8.59. The van der Waals surface area contributed by atoms with Gasteiger partial charge in [-0.05, 0) is 189 Å². The number of ether oxygens (including phenoxy) is 7. The Hall–Kier alpha value is -7.80. The van der Waals surface area contributed by atoms with E-state index in [9.17, 15) is 113 Å². The van der Waals surface area contributed by atoms with Crippen LogP contribution < -0.4 is 9.80 Å². The lowest BCUT2D eigenvalue weighted by Crippen LogP contribution is -2.32. The van der Waals surface area contributed by atoms with Gasteiger partial charge in [-0.15, -0.1) is 0 Å². The van der Waals surface area contributed by atoms with Crippen LogP contribution >= 0.6 is 0 Å². The summed E-state index contributed by atoms with van der Waals surface area (Å²) in [4.78, 5) is 24.3. The van der Waals surface area contributed by atoms with Crippen molar-refractivity contribution in [2.24, 2.45) is 0 Å². The lowest BCUT2D eigenvalue weighted by atomic mass is 9.75. The highest BCUT2D eigenvalue weighted by molar-refractivity contribution is 7.87. The number of carbonyl (C=O) groups is 2. The number of anilines is 2. The molecule has 0 radical (unpaired) electrons. The molecule has 39 nitrogen and oxygen atoms in total. The van der Waals surface area contributed by atoms with Crippen molar-refractivity contribution in [1.82, 2.24) is 0 Å². The molecule has 0 amide bonds. The van der Waals surface area contributed by atoms with Gasteiger partial charge < -0.3 is 71.4 Å². The summed E-state index contributed by atoms with van der Waals surface area (Å²) in [7, 11) is -34.0. The number of carboxylic acids is 2. The minimum atomic E-state index is -4.92. The molecule has 8 rings (SSSR count). The van der Waals surface area contributed by atoms with Gasteiger partial charge in [0.2, 0.25) is 11.4 Å². The van der Waals surface area contributed by atoms with Crippen LogP contribution in [0.5, 0.6) is 0 Å². The van der Waals surface area contributed by atoms with E-state index in [4.69, 9.17) is 43.4 Å². The van der Waals surface area contributed by atoms with E-state index in [2.05, 4.69) is 0 Å². The Kier molecular flexibility index (Phi) is 41.7. The smallest absolute Gasteiger partial charge is 0.303 e. The van der Waals surface area contributed by atoms with Gasteiger partial charge in [-0.2, -0.15) is 42.8 Å². The molecule has 0 saturated carbocycles. The van der Waals surface area contributed by atoms with Crippen molar-refractivity contribution in [2.75, 3.05) is 152 Å². The fourth-order valence-corrected chi connectivity index (χ4v) is 20.8. The Labute approximate surface area is 779 Å². The van der Waals surface area contributed by atoms with Gasteiger partial charge in [-0.1, -0.05) is 36.5 Å². The molecule has 4 aliphatic rings. The van der Waals surface area contributed by atoms with Crippen LogP contribution in [0.2, 0.25) is 0 Å². The molecule has 4 aliphatic heterocycles. The van der Waals surface area contributed by atoms with Crippen LogP contribution in [0.1, 0.15) is 153 Å². The van der Waals surface area contributed by atoms with E-state index in [1.807, 2.05) is 19.0 Å². The van der Waals surface area contributed by atoms with Crippen LogP contribution in [-0.2, 0) is 145 Å². The summed E-state index contributed by atoms with van der Waals surface area (Å²) < 4.78 is 321. The van der Waals surface area contributed by atoms with Crippen LogP contribution in [0.25, 0.3) is 0 Å². The summed E-state index contributed by atoms with van der Waals surface area (Å²) in [6.07, 6.45) is 19.9. The molecule has 6 N–H and O–H groups in total. The van der Waals surface area contributed by atoms with E-state index in [1.54, 1.807) is 103 Å². The predicted molar refractivity (Wildman–Crippen MR) is 487 cm³/mol. The van der Waals surface area contributed by atoms with E-state index >= 15 is 0 Å². The number of benzene rings is 4. The average Bonchev–Trinajstić information content (AvgIpc) is 1.60. The third-order valence-electron chi connectivity index (χ3n) is 23.2. The van der Waals surface area contributed by atoms with Gasteiger partial charge in [-0.3, -0.25) is 27.8 Å². The molecule has 0 fully saturated rings. The number of fused-ring (bicyclic) bond motifs is 4. The Morgan fingerprint density at radius 3 is 0.985 bits per heavy atom. The topological polar surface area (TPSA) is 598 Å². The van der Waals surface area contributed by atoms with Crippen molar-refractivity contribution in [3.8, 4) is 0 Å². The van der Waals surface area contributed by atoms with Crippen LogP contribution in [0.15, 0.2) is 165 Å². The molecule has 0 aliphatic carbocycles. The second-order valence-corrected chi connectivity index (χ2v) is 44.6. The number of carboxylic acid groups (broad SMARTS) is 2. The molecule has 0 spiro atoms. The van der Waals surface area contributed by atoms with Crippen LogP contribution in [0, 0.1) is 0 Å². The maximum absolute atomic E-state index is 12.3. The van der Waals surface area contributed by atoms with Gasteiger partial charge in [0.05, 0.1) is 141 Å². The number of hydrogen-bond donors (Lipinski definition) is 6. The third-order valence-corrected chi connectivity index (χ3v) is 29.8.